The molecule has 0 bridgehead atoms. The van der Waals surface area contributed by atoms with E-state index in [1.165, 1.54) is 16.9 Å². The summed E-state index contributed by atoms with van der Waals surface area (Å²) >= 11 is 6.89. The molecule has 1 heterocycles. The third-order valence-corrected chi connectivity index (χ3v) is 4.47. The fourth-order valence-electron chi connectivity index (χ4n) is 2.25. The Balaban J connectivity index is 2.23. The lowest BCUT2D eigenvalue weighted by Crippen LogP contribution is -2.43. The lowest BCUT2D eigenvalue weighted by atomic mass is 10.1. The molecule has 0 atom stereocenters. The van der Waals surface area contributed by atoms with E-state index in [4.69, 9.17) is 17.0 Å². The molecule has 25 heavy (non-hydrogen) atoms. The third-order valence-electron chi connectivity index (χ3n) is 3.22. The number of thiophene rings is 1. The van der Waals surface area contributed by atoms with Crippen LogP contribution in [0.15, 0.2) is 36.4 Å². The van der Waals surface area contributed by atoms with Crippen LogP contribution in [-0.2, 0) is 11.2 Å². The number of hydrogen-bond acceptors (Lipinski definition) is 4. The summed E-state index contributed by atoms with van der Waals surface area (Å²) in [6.07, 6.45) is 0.763. The number of thiocarbonyl (C=S) groups is 1. The van der Waals surface area contributed by atoms with Gasteiger partial charge in [-0.25, -0.2) is 4.79 Å². The van der Waals surface area contributed by atoms with Crippen molar-refractivity contribution in [3.63, 3.8) is 0 Å². The average molecular weight is 377 g/mol. The molecule has 1 aromatic heterocycles. The summed E-state index contributed by atoms with van der Waals surface area (Å²) in [6, 6.07) is 12.0. The van der Waals surface area contributed by atoms with Crippen LogP contribution >= 0.6 is 23.6 Å². The van der Waals surface area contributed by atoms with Crippen LogP contribution in [0.1, 0.15) is 48.5 Å². The monoisotopic (exact) mass is 376 g/mol. The highest BCUT2D eigenvalue weighted by Gasteiger charge is 2.19. The maximum Gasteiger partial charge on any atom is 0.341 e. The van der Waals surface area contributed by atoms with Crippen molar-refractivity contribution < 1.29 is 9.53 Å². The zero-order chi connectivity index (χ0) is 18.4. The van der Waals surface area contributed by atoms with Gasteiger partial charge in [0.1, 0.15) is 5.00 Å². The van der Waals surface area contributed by atoms with Gasteiger partial charge >= 0.3 is 5.97 Å². The van der Waals surface area contributed by atoms with Crippen LogP contribution in [-0.4, -0.2) is 23.2 Å². The molecule has 0 aliphatic rings. The summed E-state index contributed by atoms with van der Waals surface area (Å²) in [5, 5.41) is 7.56. The maximum atomic E-state index is 12.3. The Labute approximate surface area is 158 Å². The molecular weight excluding hydrogens is 352 g/mol. The van der Waals surface area contributed by atoms with Gasteiger partial charge in [0, 0.05) is 16.8 Å². The van der Waals surface area contributed by atoms with Crippen LogP contribution < -0.4 is 10.6 Å². The quantitative estimate of drug-likeness (QED) is 0.590. The maximum absolute atomic E-state index is 12.3. The second-order valence-electron chi connectivity index (χ2n) is 6.67. The van der Waals surface area contributed by atoms with Gasteiger partial charge < -0.3 is 15.4 Å². The molecule has 2 N–H and O–H groups in total. The number of nitrogens with one attached hydrogen (secondary N) is 2. The van der Waals surface area contributed by atoms with Gasteiger partial charge in [-0.3, -0.25) is 0 Å². The molecule has 134 valence electrons. The van der Waals surface area contributed by atoms with Crippen LogP contribution in [0.4, 0.5) is 5.00 Å². The number of esters is 1. The molecule has 0 saturated heterocycles. The topological polar surface area (TPSA) is 50.4 Å². The lowest BCUT2D eigenvalue weighted by Gasteiger charge is -2.22. The zero-order valence-electron chi connectivity index (χ0n) is 15.0. The fourth-order valence-corrected chi connectivity index (χ4v) is 3.81. The summed E-state index contributed by atoms with van der Waals surface area (Å²) in [7, 11) is 0. The second-order valence-corrected chi connectivity index (χ2v) is 8.21. The first kappa shape index (κ1) is 19.4. The van der Waals surface area contributed by atoms with Crippen molar-refractivity contribution in [1.29, 1.82) is 0 Å². The third kappa shape index (κ3) is 6.14. The Morgan fingerprint density at radius 3 is 2.52 bits per heavy atom. The Hall–Kier alpha value is -1.92. The predicted octanol–water partition coefficient (Wildman–Crippen LogP) is 4.60. The smallest absolute Gasteiger partial charge is 0.341 e. The number of anilines is 1. The zero-order valence-corrected chi connectivity index (χ0v) is 16.6. The highest BCUT2D eigenvalue weighted by Crippen LogP contribution is 2.30. The molecule has 4 nitrogen and oxygen atoms in total. The summed E-state index contributed by atoms with van der Waals surface area (Å²) < 4.78 is 5.18. The number of ether oxygens (including phenoxy) is 1. The minimum Gasteiger partial charge on any atom is -0.462 e. The Kier molecular flexibility index (Phi) is 6.56. The van der Waals surface area contributed by atoms with Gasteiger partial charge in [0.05, 0.1) is 12.2 Å². The minimum absolute atomic E-state index is 0.154. The normalized spacial score (nSPS) is 11.0. The van der Waals surface area contributed by atoms with Crippen LogP contribution in [0.2, 0.25) is 0 Å². The van der Waals surface area contributed by atoms with Gasteiger partial charge in [-0.05, 0) is 51.5 Å². The standard InChI is InChI=1S/C19H24N2O2S2/c1-5-23-17(22)15-12-14(11-13-9-7-6-8-10-13)25-16(15)20-18(24)21-19(2,3)4/h6-10,12H,5,11H2,1-4H3,(H2,20,21,24). The van der Waals surface area contributed by atoms with E-state index < -0.39 is 0 Å². The van der Waals surface area contributed by atoms with E-state index in [0.717, 1.165) is 11.3 Å². The van der Waals surface area contributed by atoms with Crippen LogP contribution in [0.25, 0.3) is 0 Å². The van der Waals surface area contributed by atoms with Gasteiger partial charge in [-0.2, -0.15) is 0 Å². The molecule has 1 aromatic carbocycles. The molecule has 0 fully saturated rings. The number of carbonyl (C=O) groups is 1. The van der Waals surface area contributed by atoms with Gasteiger partial charge in [0.2, 0.25) is 0 Å². The van der Waals surface area contributed by atoms with Crippen molar-refractivity contribution >= 4 is 39.6 Å². The number of hydrogen-bond donors (Lipinski definition) is 2. The van der Waals surface area contributed by atoms with E-state index in [-0.39, 0.29) is 11.5 Å². The van der Waals surface area contributed by atoms with Crippen LogP contribution in [0, 0.1) is 0 Å². The Morgan fingerprint density at radius 2 is 1.92 bits per heavy atom. The van der Waals surface area contributed by atoms with Crippen molar-refractivity contribution in [2.45, 2.75) is 39.7 Å². The highest BCUT2D eigenvalue weighted by molar-refractivity contribution is 7.80. The van der Waals surface area contributed by atoms with E-state index in [0.29, 0.717) is 22.3 Å². The van der Waals surface area contributed by atoms with Crippen molar-refractivity contribution in [3.8, 4) is 0 Å². The molecule has 0 saturated carbocycles. The first-order valence-electron chi connectivity index (χ1n) is 8.21. The number of carbonyl (C=O) groups excluding carboxylic acids is 1. The average Bonchev–Trinajstić information content (AvgIpc) is 2.89. The number of benzene rings is 1. The molecule has 0 amide bonds. The Bertz CT molecular complexity index is 734. The highest BCUT2D eigenvalue weighted by atomic mass is 32.1. The second kappa shape index (κ2) is 8.45. The van der Waals surface area contributed by atoms with Crippen LogP contribution in [0.3, 0.4) is 0 Å². The first-order valence-corrected chi connectivity index (χ1v) is 9.44. The van der Waals surface area contributed by atoms with Crippen molar-refractivity contribution in [2.24, 2.45) is 0 Å². The summed E-state index contributed by atoms with van der Waals surface area (Å²) in [5.74, 6) is -0.334. The van der Waals surface area contributed by atoms with Gasteiger partial charge in [-0.1, -0.05) is 30.3 Å². The molecule has 6 heteroatoms. The lowest BCUT2D eigenvalue weighted by molar-refractivity contribution is 0.0528. The molecule has 2 aromatic rings. The molecule has 0 spiro atoms. The Morgan fingerprint density at radius 1 is 1.24 bits per heavy atom. The SMILES string of the molecule is CCOC(=O)c1cc(Cc2ccccc2)sc1NC(=S)NC(C)(C)C. The van der Waals surface area contributed by atoms with Crippen molar-refractivity contribution in [1.82, 2.24) is 5.32 Å². The summed E-state index contributed by atoms with van der Waals surface area (Å²) in [6.45, 7) is 8.23. The number of rotatable bonds is 5. The molecule has 2 rings (SSSR count). The van der Waals surface area contributed by atoms with E-state index in [9.17, 15) is 4.79 Å². The van der Waals surface area contributed by atoms with E-state index in [1.807, 2.05) is 45.0 Å². The fraction of sp³-hybridized carbons (Fsp3) is 0.368. The largest absolute Gasteiger partial charge is 0.462 e. The van der Waals surface area contributed by atoms with Gasteiger partial charge in [-0.15, -0.1) is 11.3 Å². The molecular formula is C19H24N2O2S2. The molecule has 0 unspecified atom stereocenters. The molecule has 0 aliphatic heterocycles. The molecule has 0 radical (unpaired) electrons. The van der Waals surface area contributed by atoms with Crippen molar-refractivity contribution in [2.75, 3.05) is 11.9 Å². The van der Waals surface area contributed by atoms with E-state index >= 15 is 0 Å². The van der Waals surface area contributed by atoms with Gasteiger partial charge in [0.25, 0.3) is 0 Å². The molecule has 0 aliphatic carbocycles. The van der Waals surface area contributed by atoms with E-state index in [2.05, 4.69) is 22.8 Å². The minimum atomic E-state index is -0.334. The summed E-state index contributed by atoms with van der Waals surface area (Å²) in [5.41, 5.74) is 1.56. The van der Waals surface area contributed by atoms with Gasteiger partial charge in [0.15, 0.2) is 5.11 Å². The first-order chi connectivity index (χ1) is 11.8. The van der Waals surface area contributed by atoms with Crippen molar-refractivity contribution in [3.05, 3.63) is 52.4 Å². The summed E-state index contributed by atoms with van der Waals surface area (Å²) in [4.78, 5) is 13.4. The predicted molar refractivity (Wildman–Crippen MR) is 109 cm³/mol. The van der Waals surface area contributed by atoms with E-state index in [1.54, 1.807) is 6.92 Å². The van der Waals surface area contributed by atoms with Crippen LogP contribution in [0.5, 0.6) is 0 Å².